The smallest absolute Gasteiger partial charge is 0.393 e. The molecule has 1 aromatic carbocycles. The second kappa shape index (κ2) is 7.22. The van der Waals surface area contributed by atoms with E-state index in [1.165, 1.54) is 0 Å². The average Bonchev–Trinajstić information content (AvgIpc) is 2.38. The van der Waals surface area contributed by atoms with Crippen molar-refractivity contribution in [3.05, 3.63) is 29.8 Å². The summed E-state index contributed by atoms with van der Waals surface area (Å²) in [4.78, 5) is 30.8. The molecule has 0 bridgehead atoms. The highest BCUT2D eigenvalue weighted by molar-refractivity contribution is 7.56. The number of benzene rings is 1. The van der Waals surface area contributed by atoms with E-state index in [1.807, 2.05) is 6.92 Å². The number of unbranched alkanes of at least 4 members (excludes halogenated alkanes) is 1. The van der Waals surface area contributed by atoms with Crippen LogP contribution in [-0.4, -0.2) is 23.1 Å². The standard InChI is InChI=1S/C13H17O5P/c1-2-3-6-11-7-4-5-8-13(11)18-19(16,17)12(9-14)10-15/h4-5,7-10,12H,2-3,6H2,1H3,(H,16,17). The summed E-state index contributed by atoms with van der Waals surface area (Å²) in [5.74, 6) is 0.246. The molecular weight excluding hydrogens is 267 g/mol. The topological polar surface area (TPSA) is 80.7 Å². The molecule has 1 atom stereocenters. The normalized spacial score (nSPS) is 13.8. The molecule has 19 heavy (non-hydrogen) atoms. The van der Waals surface area contributed by atoms with Gasteiger partial charge in [-0.1, -0.05) is 31.5 Å². The van der Waals surface area contributed by atoms with Crippen LogP contribution < -0.4 is 4.52 Å². The van der Waals surface area contributed by atoms with Gasteiger partial charge in [0.2, 0.25) is 0 Å². The molecule has 1 aromatic rings. The lowest BCUT2D eigenvalue weighted by Gasteiger charge is -2.17. The number of carbonyl (C=O) groups excluding carboxylic acids is 2. The van der Waals surface area contributed by atoms with Crippen LogP contribution in [0.25, 0.3) is 0 Å². The first-order valence-electron chi connectivity index (χ1n) is 6.05. The second-order valence-electron chi connectivity index (χ2n) is 4.13. The van der Waals surface area contributed by atoms with E-state index in [9.17, 15) is 19.0 Å². The maximum absolute atomic E-state index is 11.8. The highest BCUT2D eigenvalue weighted by Gasteiger charge is 2.34. The maximum Gasteiger partial charge on any atom is 0.393 e. The molecule has 1 unspecified atom stereocenters. The second-order valence-corrected chi connectivity index (χ2v) is 6.04. The van der Waals surface area contributed by atoms with Crippen LogP contribution in [0.5, 0.6) is 5.75 Å². The van der Waals surface area contributed by atoms with Crippen molar-refractivity contribution in [3.63, 3.8) is 0 Å². The van der Waals surface area contributed by atoms with E-state index >= 15 is 0 Å². The molecule has 1 N–H and O–H groups in total. The van der Waals surface area contributed by atoms with E-state index in [-0.39, 0.29) is 18.3 Å². The molecule has 0 radical (unpaired) electrons. The van der Waals surface area contributed by atoms with Gasteiger partial charge in [0.15, 0.2) is 5.66 Å². The van der Waals surface area contributed by atoms with Crippen LogP contribution >= 0.6 is 7.60 Å². The Morgan fingerprint density at radius 2 is 1.95 bits per heavy atom. The fourth-order valence-electron chi connectivity index (χ4n) is 1.55. The third kappa shape index (κ3) is 4.30. The Kier molecular flexibility index (Phi) is 5.93. The number of hydrogen-bond acceptors (Lipinski definition) is 4. The number of rotatable bonds is 8. The van der Waals surface area contributed by atoms with Crippen LogP contribution in [0.1, 0.15) is 25.3 Å². The predicted molar refractivity (Wildman–Crippen MR) is 71.4 cm³/mol. The number of hydrogen-bond donors (Lipinski definition) is 1. The highest BCUT2D eigenvalue weighted by atomic mass is 31.2. The molecule has 0 fully saturated rings. The molecule has 0 aromatic heterocycles. The maximum atomic E-state index is 11.8. The van der Waals surface area contributed by atoms with Crippen molar-refractivity contribution in [3.8, 4) is 5.75 Å². The lowest BCUT2D eigenvalue weighted by Crippen LogP contribution is -2.15. The first kappa shape index (κ1) is 15.6. The van der Waals surface area contributed by atoms with Gasteiger partial charge in [-0.3, -0.25) is 0 Å². The minimum atomic E-state index is -4.32. The molecule has 0 spiro atoms. The summed E-state index contributed by atoms with van der Waals surface area (Å²) in [7, 11) is -4.32. The molecular formula is C13H17O5P. The highest BCUT2D eigenvalue weighted by Crippen LogP contribution is 2.47. The average molecular weight is 284 g/mol. The van der Waals surface area contributed by atoms with Crippen LogP contribution in [0.3, 0.4) is 0 Å². The zero-order chi connectivity index (χ0) is 14.3. The van der Waals surface area contributed by atoms with Crippen molar-refractivity contribution in [2.45, 2.75) is 31.8 Å². The molecule has 0 amide bonds. The van der Waals surface area contributed by atoms with Crippen molar-refractivity contribution >= 4 is 20.2 Å². The Morgan fingerprint density at radius 3 is 2.53 bits per heavy atom. The Hall–Kier alpha value is -1.45. The van der Waals surface area contributed by atoms with Gasteiger partial charge in [-0.2, -0.15) is 0 Å². The van der Waals surface area contributed by atoms with Gasteiger partial charge < -0.3 is 19.0 Å². The van der Waals surface area contributed by atoms with E-state index in [1.54, 1.807) is 24.3 Å². The van der Waals surface area contributed by atoms with Gasteiger partial charge >= 0.3 is 7.60 Å². The first-order valence-corrected chi connectivity index (χ1v) is 7.70. The quantitative estimate of drug-likeness (QED) is 0.450. The van der Waals surface area contributed by atoms with E-state index in [0.717, 1.165) is 18.4 Å². The summed E-state index contributed by atoms with van der Waals surface area (Å²) < 4.78 is 16.9. The monoisotopic (exact) mass is 284 g/mol. The van der Waals surface area contributed by atoms with Crippen LogP contribution in [0.2, 0.25) is 0 Å². The summed E-state index contributed by atoms with van der Waals surface area (Å²) >= 11 is 0. The summed E-state index contributed by atoms with van der Waals surface area (Å²) in [6.45, 7) is 2.04. The van der Waals surface area contributed by atoms with Gasteiger partial charge in [-0.05, 0) is 24.5 Å². The molecule has 104 valence electrons. The number of aldehydes is 2. The minimum absolute atomic E-state index is 0.127. The number of aryl methyl sites for hydroxylation is 1. The summed E-state index contributed by atoms with van der Waals surface area (Å²) in [6.07, 6.45) is 2.86. The van der Waals surface area contributed by atoms with Crippen molar-refractivity contribution < 1.29 is 23.6 Å². The van der Waals surface area contributed by atoms with E-state index in [2.05, 4.69) is 0 Å². The van der Waals surface area contributed by atoms with Gasteiger partial charge in [0.1, 0.15) is 18.3 Å². The fraction of sp³-hybridized carbons (Fsp3) is 0.385. The molecule has 0 aliphatic rings. The van der Waals surface area contributed by atoms with Crippen LogP contribution in [0.4, 0.5) is 0 Å². The molecule has 0 heterocycles. The Balaban J connectivity index is 2.95. The van der Waals surface area contributed by atoms with Crippen LogP contribution in [0, 0.1) is 0 Å². The summed E-state index contributed by atoms with van der Waals surface area (Å²) in [6, 6.07) is 6.82. The Morgan fingerprint density at radius 1 is 1.32 bits per heavy atom. The van der Waals surface area contributed by atoms with Crippen LogP contribution in [-0.2, 0) is 20.6 Å². The molecule has 5 nitrogen and oxygen atoms in total. The molecule has 0 saturated carbocycles. The van der Waals surface area contributed by atoms with Gasteiger partial charge in [-0.25, -0.2) is 4.57 Å². The van der Waals surface area contributed by atoms with Crippen LogP contribution in [0.15, 0.2) is 24.3 Å². The molecule has 6 heteroatoms. The van der Waals surface area contributed by atoms with E-state index in [0.29, 0.717) is 6.42 Å². The minimum Gasteiger partial charge on any atom is -0.423 e. The third-order valence-electron chi connectivity index (χ3n) is 2.66. The van der Waals surface area contributed by atoms with Gasteiger partial charge in [0.25, 0.3) is 0 Å². The Bertz CT molecular complexity index is 478. The Labute approximate surface area is 112 Å². The number of carbonyl (C=O) groups is 2. The predicted octanol–water partition coefficient (Wildman–Crippen LogP) is 2.36. The third-order valence-corrected chi connectivity index (χ3v) is 4.11. The van der Waals surface area contributed by atoms with Gasteiger partial charge in [0, 0.05) is 0 Å². The van der Waals surface area contributed by atoms with Gasteiger partial charge in [0.05, 0.1) is 0 Å². The lowest BCUT2D eigenvalue weighted by atomic mass is 10.1. The van der Waals surface area contributed by atoms with E-state index < -0.39 is 13.3 Å². The van der Waals surface area contributed by atoms with Crippen molar-refractivity contribution in [2.24, 2.45) is 0 Å². The zero-order valence-corrected chi connectivity index (χ0v) is 11.6. The van der Waals surface area contributed by atoms with Crippen molar-refractivity contribution in [1.29, 1.82) is 0 Å². The first-order chi connectivity index (χ1) is 9.05. The lowest BCUT2D eigenvalue weighted by molar-refractivity contribution is -0.114. The summed E-state index contributed by atoms with van der Waals surface area (Å²) in [5.41, 5.74) is -0.860. The SMILES string of the molecule is CCCCc1ccccc1OP(=O)(O)C(C=O)C=O. The summed E-state index contributed by atoms with van der Waals surface area (Å²) in [5, 5.41) is 0. The van der Waals surface area contributed by atoms with Gasteiger partial charge in [-0.15, -0.1) is 0 Å². The molecule has 0 aliphatic carbocycles. The van der Waals surface area contributed by atoms with Crippen molar-refractivity contribution in [1.82, 2.24) is 0 Å². The fourth-order valence-corrected chi connectivity index (χ4v) is 2.44. The van der Waals surface area contributed by atoms with Crippen molar-refractivity contribution in [2.75, 3.05) is 0 Å². The number of para-hydroxylation sites is 1. The largest absolute Gasteiger partial charge is 0.423 e. The molecule has 0 saturated heterocycles. The zero-order valence-electron chi connectivity index (χ0n) is 10.7. The van der Waals surface area contributed by atoms with E-state index in [4.69, 9.17) is 4.52 Å². The molecule has 0 aliphatic heterocycles. The molecule has 1 rings (SSSR count).